The van der Waals surface area contributed by atoms with Crippen LogP contribution in [0.3, 0.4) is 0 Å². The summed E-state index contributed by atoms with van der Waals surface area (Å²) in [4.78, 5) is 15.6. The van der Waals surface area contributed by atoms with E-state index in [1.807, 2.05) is 0 Å². The summed E-state index contributed by atoms with van der Waals surface area (Å²) in [7, 11) is 0. The van der Waals surface area contributed by atoms with Crippen LogP contribution in [0.4, 0.5) is 24.7 Å². The van der Waals surface area contributed by atoms with Crippen molar-refractivity contribution in [2.75, 3.05) is 11.1 Å². The number of hydrogen-bond donors (Lipinski definition) is 2. The molecule has 2 rings (SSSR count). The van der Waals surface area contributed by atoms with Crippen molar-refractivity contribution in [1.29, 1.82) is 0 Å². The van der Waals surface area contributed by atoms with Gasteiger partial charge >= 0.3 is 6.18 Å². The number of halogens is 3. The molecular weight excluding hydrogens is 271 g/mol. The zero-order valence-corrected chi connectivity index (χ0v) is 10.1. The van der Waals surface area contributed by atoms with Gasteiger partial charge in [0.25, 0.3) is 5.91 Å². The second-order valence-corrected chi connectivity index (χ2v) is 3.97. The van der Waals surface area contributed by atoms with Crippen LogP contribution >= 0.6 is 0 Å². The summed E-state index contributed by atoms with van der Waals surface area (Å²) in [6.45, 7) is 0. The lowest BCUT2D eigenvalue weighted by Crippen LogP contribution is -2.16. The molecule has 7 heteroatoms. The van der Waals surface area contributed by atoms with E-state index in [-0.39, 0.29) is 17.1 Å². The molecule has 3 N–H and O–H groups in total. The average Bonchev–Trinajstić information content (AvgIpc) is 2.38. The highest BCUT2D eigenvalue weighted by Gasteiger charge is 2.33. The number of benzene rings is 1. The number of nitrogens with two attached hydrogens (primary N) is 1. The number of para-hydroxylation sites is 1. The van der Waals surface area contributed by atoms with Crippen LogP contribution in [0, 0.1) is 0 Å². The van der Waals surface area contributed by atoms with E-state index in [2.05, 4.69) is 10.3 Å². The molecule has 2 aromatic rings. The van der Waals surface area contributed by atoms with Crippen LogP contribution in [-0.4, -0.2) is 10.9 Å². The molecule has 0 saturated heterocycles. The fourth-order valence-corrected chi connectivity index (χ4v) is 1.57. The minimum atomic E-state index is -4.54. The highest BCUT2D eigenvalue weighted by molar-refractivity contribution is 6.04. The summed E-state index contributed by atoms with van der Waals surface area (Å²) in [5, 5.41) is 2.21. The van der Waals surface area contributed by atoms with E-state index >= 15 is 0 Å². The molecular formula is C13H10F3N3O. The van der Waals surface area contributed by atoms with E-state index < -0.39 is 17.6 Å². The Morgan fingerprint density at radius 2 is 1.85 bits per heavy atom. The van der Waals surface area contributed by atoms with Gasteiger partial charge in [-0.3, -0.25) is 4.79 Å². The van der Waals surface area contributed by atoms with Crippen LogP contribution in [0.15, 0.2) is 42.6 Å². The van der Waals surface area contributed by atoms with Gasteiger partial charge in [0.05, 0.1) is 16.8 Å². The van der Waals surface area contributed by atoms with Crippen molar-refractivity contribution in [1.82, 2.24) is 4.98 Å². The Bertz CT molecular complexity index is 624. The Kier molecular flexibility index (Phi) is 3.60. The summed E-state index contributed by atoms with van der Waals surface area (Å²) in [5.74, 6) is -0.466. The molecule has 4 nitrogen and oxygen atoms in total. The van der Waals surface area contributed by atoms with Gasteiger partial charge in [0.1, 0.15) is 5.82 Å². The predicted molar refractivity (Wildman–Crippen MR) is 68.0 cm³/mol. The topological polar surface area (TPSA) is 68.0 Å². The van der Waals surface area contributed by atoms with Crippen LogP contribution in [0.1, 0.15) is 15.9 Å². The van der Waals surface area contributed by atoms with Crippen LogP contribution in [0.5, 0.6) is 0 Å². The maximum absolute atomic E-state index is 12.8. The van der Waals surface area contributed by atoms with E-state index in [1.165, 1.54) is 36.5 Å². The summed E-state index contributed by atoms with van der Waals surface area (Å²) < 4.78 is 38.3. The van der Waals surface area contributed by atoms with Crippen molar-refractivity contribution in [3.05, 3.63) is 53.7 Å². The van der Waals surface area contributed by atoms with E-state index in [9.17, 15) is 18.0 Å². The molecule has 0 unspecified atom stereocenters. The predicted octanol–water partition coefficient (Wildman–Crippen LogP) is 2.93. The first-order valence-corrected chi connectivity index (χ1v) is 5.57. The average molecular weight is 281 g/mol. The van der Waals surface area contributed by atoms with Gasteiger partial charge in [0, 0.05) is 6.20 Å². The number of amides is 1. The number of aromatic nitrogens is 1. The van der Waals surface area contributed by atoms with Crippen LogP contribution in [0.2, 0.25) is 0 Å². The molecule has 1 heterocycles. The molecule has 0 aliphatic rings. The zero-order valence-electron chi connectivity index (χ0n) is 10.1. The monoisotopic (exact) mass is 281 g/mol. The molecule has 1 aromatic carbocycles. The second-order valence-electron chi connectivity index (χ2n) is 3.97. The molecule has 0 saturated carbocycles. The molecule has 20 heavy (non-hydrogen) atoms. The number of hydrogen-bond acceptors (Lipinski definition) is 3. The van der Waals surface area contributed by atoms with E-state index in [0.29, 0.717) is 0 Å². The van der Waals surface area contributed by atoms with Gasteiger partial charge in [-0.15, -0.1) is 0 Å². The highest BCUT2D eigenvalue weighted by Crippen LogP contribution is 2.34. The van der Waals surface area contributed by atoms with Crippen molar-refractivity contribution in [2.24, 2.45) is 0 Å². The fourth-order valence-electron chi connectivity index (χ4n) is 1.57. The van der Waals surface area contributed by atoms with Gasteiger partial charge in [-0.2, -0.15) is 13.2 Å². The van der Waals surface area contributed by atoms with Crippen molar-refractivity contribution < 1.29 is 18.0 Å². The summed E-state index contributed by atoms with van der Waals surface area (Å²) in [6.07, 6.45) is -3.34. The Balaban J connectivity index is 2.26. The van der Waals surface area contributed by atoms with Crippen molar-refractivity contribution >= 4 is 17.4 Å². The summed E-state index contributed by atoms with van der Waals surface area (Å²) in [6, 6.07) is 7.52. The lowest BCUT2D eigenvalue weighted by molar-refractivity contribution is -0.136. The van der Waals surface area contributed by atoms with Gasteiger partial charge in [-0.25, -0.2) is 4.98 Å². The third-order valence-electron chi connectivity index (χ3n) is 2.53. The number of carbonyl (C=O) groups is 1. The van der Waals surface area contributed by atoms with E-state index in [4.69, 9.17) is 5.73 Å². The molecule has 0 bridgehead atoms. The Labute approximate surface area is 112 Å². The second kappa shape index (κ2) is 5.20. The molecule has 0 aliphatic carbocycles. The van der Waals surface area contributed by atoms with Crippen molar-refractivity contribution in [3.63, 3.8) is 0 Å². The Morgan fingerprint density at radius 3 is 2.45 bits per heavy atom. The Hall–Kier alpha value is -2.57. The first-order chi connectivity index (χ1) is 9.38. The highest BCUT2D eigenvalue weighted by atomic mass is 19.4. The number of alkyl halides is 3. The summed E-state index contributed by atoms with van der Waals surface area (Å²) in [5.41, 5.74) is 4.28. The first-order valence-electron chi connectivity index (χ1n) is 5.57. The standard InChI is InChI=1S/C13H10F3N3O/c14-13(15,16)9-3-1-2-4-10(9)19-12(20)8-5-6-11(17)18-7-8/h1-7H,(H2,17,18)(H,19,20). The molecule has 0 aliphatic heterocycles. The number of anilines is 2. The van der Waals surface area contributed by atoms with Crippen LogP contribution < -0.4 is 11.1 Å². The van der Waals surface area contributed by atoms with Gasteiger partial charge in [-0.1, -0.05) is 12.1 Å². The third kappa shape index (κ3) is 3.05. The summed E-state index contributed by atoms with van der Waals surface area (Å²) >= 11 is 0. The molecule has 0 radical (unpaired) electrons. The fraction of sp³-hybridized carbons (Fsp3) is 0.0769. The maximum atomic E-state index is 12.8. The molecule has 0 atom stereocenters. The third-order valence-corrected chi connectivity index (χ3v) is 2.53. The number of nitrogen functional groups attached to an aromatic ring is 1. The van der Waals surface area contributed by atoms with Crippen LogP contribution in [0.25, 0.3) is 0 Å². The minimum absolute atomic E-state index is 0.121. The lowest BCUT2D eigenvalue weighted by Gasteiger charge is -2.13. The molecule has 1 aromatic heterocycles. The SMILES string of the molecule is Nc1ccc(C(=O)Nc2ccccc2C(F)(F)F)cn1. The van der Waals surface area contributed by atoms with Gasteiger partial charge < -0.3 is 11.1 Å². The molecule has 1 amide bonds. The van der Waals surface area contributed by atoms with Gasteiger partial charge in [0.15, 0.2) is 0 Å². The molecule has 0 fully saturated rings. The lowest BCUT2D eigenvalue weighted by atomic mass is 10.1. The number of rotatable bonds is 2. The van der Waals surface area contributed by atoms with Crippen molar-refractivity contribution in [2.45, 2.75) is 6.18 Å². The number of pyridine rings is 1. The van der Waals surface area contributed by atoms with Crippen LogP contribution in [-0.2, 0) is 6.18 Å². The number of nitrogens with one attached hydrogen (secondary N) is 1. The zero-order chi connectivity index (χ0) is 14.8. The molecule has 104 valence electrons. The minimum Gasteiger partial charge on any atom is -0.384 e. The number of nitrogens with zero attached hydrogens (tertiary/aromatic N) is 1. The van der Waals surface area contributed by atoms with Crippen molar-refractivity contribution in [3.8, 4) is 0 Å². The number of carbonyl (C=O) groups excluding carboxylic acids is 1. The maximum Gasteiger partial charge on any atom is 0.418 e. The Morgan fingerprint density at radius 1 is 1.15 bits per heavy atom. The van der Waals surface area contributed by atoms with E-state index in [0.717, 1.165) is 6.07 Å². The molecule has 0 spiro atoms. The normalized spacial score (nSPS) is 11.2. The largest absolute Gasteiger partial charge is 0.418 e. The quantitative estimate of drug-likeness (QED) is 0.889. The van der Waals surface area contributed by atoms with Gasteiger partial charge in [-0.05, 0) is 24.3 Å². The first kappa shape index (κ1) is 13.9. The van der Waals surface area contributed by atoms with E-state index in [1.54, 1.807) is 0 Å². The smallest absolute Gasteiger partial charge is 0.384 e. The van der Waals surface area contributed by atoms with Gasteiger partial charge in [0.2, 0.25) is 0 Å².